The quantitative estimate of drug-likeness (QED) is 0.903. The highest BCUT2D eigenvalue weighted by Gasteiger charge is 2.32. The second-order valence-corrected chi connectivity index (χ2v) is 6.94. The molecule has 0 spiro atoms. The maximum absolute atomic E-state index is 12.3. The topological polar surface area (TPSA) is 58.6 Å². The van der Waals surface area contributed by atoms with Crippen LogP contribution in [0.1, 0.15) is 38.2 Å². The fourth-order valence-corrected chi connectivity index (χ4v) is 3.19. The highest BCUT2D eigenvalue weighted by atomic mass is 16.6. The lowest BCUT2D eigenvalue weighted by Crippen LogP contribution is -2.45. The van der Waals surface area contributed by atoms with Crippen LogP contribution in [-0.4, -0.2) is 36.0 Å². The van der Waals surface area contributed by atoms with Crippen molar-refractivity contribution in [2.45, 2.75) is 45.3 Å². The molecule has 0 bridgehead atoms. The van der Waals surface area contributed by atoms with E-state index in [1.54, 1.807) is 4.90 Å². The molecule has 1 heterocycles. The Balaban J connectivity index is 1.39. The lowest BCUT2D eigenvalue weighted by Gasteiger charge is -2.31. The summed E-state index contributed by atoms with van der Waals surface area (Å²) in [6, 6.07) is 9.94. The maximum Gasteiger partial charge on any atom is 0.410 e. The molecule has 1 saturated carbocycles. The first-order chi connectivity index (χ1) is 11.6. The van der Waals surface area contributed by atoms with E-state index >= 15 is 0 Å². The molecule has 1 aliphatic heterocycles. The number of nitrogens with one attached hydrogen (secondary N) is 1. The minimum absolute atomic E-state index is 0.0179. The number of benzene rings is 1. The van der Waals surface area contributed by atoms with E-state index in [0.717, 1.165) is 5.56 Å². The third-order valence-electron chi connectivity index (χ3n) is 5.03. The van der Waals surface area contributed by atoms with Crippen LogP contribution in [0.4, 0.5) is 4.79 Å². The van der Waals surface area contributed by atoms with E-state index in [2.05, 4.69) is 12.2 Å². The highest BCUT2D eigenvalue weighted by Crippen LogP contribution is 2.32. The summed E-state index contributed by atoms with van der Waals surface area (Å²) in [7, 11) is 0. The molecule has 0 radical (unpaired) electrons. The van der Waals surface area contributed by atoms with Gasteiger partial charge in [-0.1, -0.05) is 30.3 Å². The minimum atomic E-state index is -0.288. The van der Waals surface area contributed by atoms with E-state index in [0.29, 0.717) is 38.5 Å². The Kier molecular flexibility index (Phi) is 5.38. The van der Waals surface area contributed by atoms with Crippen molar-refractivity contribution in [3.8, 4) is 0 Å². The van der Waals surface area contributed by atoms with Crippen molar-refractivity contribution in [1.29, 1.82) is 0 Å². The van der Waals surface area contributed by atoms with E-state index in [4.69, 9.17) is 4.74 Å². The monoisotopic (exact) mass is 330 g/mol. The van der Waals surface area contributed by atoms with Crippen molar-refractivity contribution in [3.63, 3.8) is 0 Å². The van der Waals surface area contributed by atoms with Crippen molar-refractivity contribution < 1.29 is 14.3 Å². The molecule has 2 amide bonds. The number of ether oxygens (including phenoxy) is 1. The Labute approximate surface area is 143 Å². The summed E-state index contributed by atoms with van der Waals surface area (Å²) in [5.41, 5.74) is 0.981. The fourth-order valence-electron chi connectivity index (χ4n) is 3.19. The number of likely N-dealkylation sites (tertiary alicyclic amines) is 1. The minimum Gasteiger partial charge on any atom is -0.445 e. The third-order valence-corrected chi connectivity index (χ3v) is 5.03. The van der Waals surface area contributed by atoms with Gasteiger partial charge in [-0.25, -0.2) is 4.79 Å². The zero-order valence-corrected chi connectivity index (χ0v) is 14.2. The van der Waals surface area contributed by atoms with Gasteiger partial charge in [-0.2, -0.15) is 0 Å². The van der Waals surface area contributed by atoms with Crippen LogP contribution in [0.15, 0.2) is 30.3 Å². The third kappa shape index (κ3) is 4.49. The SMILES string of the molecule is C[C@H](NC(=O)C1CCN(C(=O)OCc2ccccc2)CC1)C1CC1. The average molecular weight is 330 g/mol. The number of amides is 2. The summed E-state index contributed by atoms with van der Waals surface area (Å²) >= 11 is 0. The van der Waals surface area contributed by atoms with Gasteiger partial charge in [-0.15, -0.1) is 0 Å². The van der Waals surface area contributed by atoms with Crippen LogP contribution in [-0.2, 0) is 16.1 Å². The van der Waals surface area contributed by atoms with Crippen molar-refractivity contribution in [1.82, 2.24) is 10.2 Å². The van der Waals surface area contributed by atoms with E-state index < -0.39 is 0 Å². The predicted molar refractivity (Wildman–Crippen MR) is 91.3 cm³/mol. The standard InChI is InChI=1S/C19H26N2O3/c1-14(16-7-8-16)20-18(22)17-9-11-21(12-10-17)19(23)24-13-15-5-3-2-4-6-15/h2-6,14,16-17H,7-13H2,1H3,(H,20,22)/t14-/m0/s1. The molecule has 2 aliphatic rings. The number of nitrogens with zero attached hydrogens (tertiary/aromatic N) is 1. The zero-order valence-electron chi connectivity index (χ0n) is 14.2. The summed E-state index contributed by atoms with van der Waals surface area (Å²) in [5, 5.41) is 3.13. The molecule has 0 unspecified atom stereocenters. The molecule has 1 aliphatic carbocycles. The second kappa shape index (κ2) is 7.69. The lowest BCUT2D eigenvalue weighted by atomic mass is 9.95. The molecular weight excluding hydrogens is 304 g/mol. The summed E-state index contributed by atoms with van der Waals surface area (Å²) in [5.74, 6) is 0.832. The Morgan fingerprint density at radius 2 is 1.83 bits per heavy atom. The molecule has 1 N–H and O–H groups in total. The van der Waals surface area contributed by atoms with Gasteiger partial charge in [0.1, 0.15) is 6.61 Å². The van der Waals surface area contributed by atoms with Gasteiger partial charge in [0, 0.05) is 25.0 Å². The molecule has 130 valence electrons. The highest BCUT2D eigenvalue weighted by molar-refractivity contribution is 5.79. The predicted octanol–water partition coefficient (Wildman–Crippen LogP) is 2.95. The molecule has 3 rings (SSSR count). The second-order valence-electron chi connectivity index (χ2n) is 6.94. The number of piperidine rings is 1. The van der Waals surface area contributed by atoms with Gasteiger partial charge >= 0.3 is 6.09 Å². The molecule has 2 fully saturated rings. The van der Waals surface area contributed by atoms with Crippen LogP contribution < -0.4 is 5.32 Å². The summed E-state index contributed by atoms with van der Waals surface area (Å²) in [6.45, 7) is 3.55. The van der Waals surface area contributed by atoms with Gasteiger partial charge < -0.3 is 15.0 Å². The molecule has 1 atom stereocenters. The molecular formula is C19H26N2O3. The first kappa shape index (κ1) is 16.8. The Morgan fingerprint density at radius 3 is 2.46 bits per heavy atom. The summed E-state index contributed by atoms with van der Waals surface area (Å²) in [4.78, 5) is 26.1. The van der Waals surface area contributed by atoms with Crippen LogP contribution in [0.2, 0.25) is 0 Å². The molecule has 1 aromatic carbocycles. The maximum atomic E-state index is 12.3. The van der Waals surface area contributed by atoms with E-state index in [1.807, 2.05) is 30.3 Å². The van der Waals surface area contributed by atoms with Crippen molar-refractivity contribution >= 4 is 12.0 Å². The van der Waals surface area contributed by atoms with Gasteiger partial charge in [-0.05, 0) is 44.1 Å². The molecule has 1 aromatic rings. The lowest BCUT2D eigenvalue weighted by molar-refractivity contribution is -0.127. The Bertz CT molecular complexity index is 563. The van der Waals surface area contributed by atoms with Gasteiger partial charge in [0.05, 0.1) is 0 Å². The van der Waals surface area contributed by atoms with Crippen molar-refractivity contribution in [2.24, 2.45) is 11.8 Å². The summed E-state index contributed by atoms with van der Waals surface area (Å²) in [6.07, 6.45) is 3.59. The molecule has 0 aromatic heterocycles. The van der Waals surface area contributed by atoms with Crippen LogP contribution >= 0.6 is 0 Å². The van der Waals surface area contributed by atoms with Gasteiger partial charge in [0.2, 0.25) is 5.91 Å². The van der Waals surface area contributed by atoms with Crippen molar-refractivity contribution in [3.05, 3.63) is 35.9 Å². The van der Waals surface area contributed by atoms with E-state index in [-0.39, 0.29) is 24.0 Å². The number of carbonyl (C=O) groups is 2. The summed E-state index contributed by atoms with van der Waals surface area (Å²) < 4.78 is 5.35. The van der Waals surface area contributed by atoms with Crippen LogP contribution in [0, 0.1) is 11.8 Å². The smallest absolute Gasteiger partial charge is 0.410 e. The fraction of sp³-hybridized carbons (Fsp3) is 0.579. The van der Waals surface area contributed by atoms with E-state index in [1.165, 1.54) is 12.8 Å². The number of hydrogen-bond acceptors (Lipinski definition) is 3. The van der Waals surface area contributed by atoms with Crippen molar-refractivity contribution in [2.75, 3.05) is 13.1 Å². The van der Waals surface area contributed by atoms with Crippen LogP contribution in [0.3, 0.4) is 0 Å². The van der Waals surface area contributed by atoms with Crippen LogP contribution in [0.25, 0.3) is 0 Å². The first-order valence-electron chi connectivity index (χ1n) is 8.89. The zero-order chi connectivity index (χ0) is 16.9. The first-order valence-corrected chi connectivity index (χ1v) is 8.89. The Hall–Kier alpha value is -2.04. The molecule has 5 nitrogen and oxygen atoms in total. The molecule has 5 heteroatoms. The van der Waals surface area contributed by atoms with E-state index in [9.17, 15) is 9.59 Å². The normalized spacial score (nSPS) is 19.6. The number of rotatable bonds is 5. The number of carbonyl (C=O) groups excluding carboxylic acids is 2. The Morgan fingerprint density at radius 1 is 1.17 bits per heavy atom. The average Bonchev–Trinajstić information content (AvgIpc) is 3.46. The molecule has 24 heavy (non-hydrogen) atoms. The van der Waals surface area contributed by atoms with Crippen LogP contribution in [0.5, 0.6) is 0 Å². The van der Waals surface area contributed by atoms with Gasteiger partial charge in [0.15, 0.2) is 0 Å². The number of hydrogen-bond donors (Lipinski definition) is 1. The van der Waals surface area contributed by atoms with Gasteiger partial charge in [0.25, 0.3) is 0 Å². The van der Waals surface area contributed by atoms with Gasteiger partial charge in [-0.3, -0.25) is 4.79 Å². The molecule has 1 saturated heterocycles. The largest absolute Gasteiger partial charge is 0.445 e.